The summed E-state index contributed by atoms with van der Waals surface area (Å²) in [7, 11) is 6.28. The first kappa shape index (κ1) is 20.0. The summed E-state index contributed by atoms with van der Waals surface area (Å²) in [5.41, 5.74) is 3.54. The van der Waals surface area contributed by atoms with Crippen LogP contribution in [-0.2, 0) is 4.84 Å². The Morgan fingerprint density at radius 3 is 2.11 bits per heavy atom. The molecule has 0 amide bonds. The van der Waals surface area contributed by atoms with Crippen molar-refractivity contribution in [2.45, 2.75) is 6.92 Å². The molecule has 0 atom stereocenters. The van der Waals surface area contributed by atoms with E-state index in [4.69, 9.17) is 24.0 Å². The van der Waals surface area contributed by atoms with E-state index in [0.29, 0.717) is 23.0 Å². The summed E-state index contributed by atoms with van der Waals surface area (Å²) in [6.45, 7) is 2.11. The van der Waals surface area contributed by atoms with Crippen molar-refractivity contribution in [1.82, 2.24) is 4.98 Å². The maximum atomic E-state index is 5.48. The minimum absolute atomic E-state index is 0.0307. The molecule has 28 heavy (non-hydrogen) atoms. The van der Waals surface area contributed by atoms with Crippen molar-refractivity contribution < 1.29 is 19.0 Å². The number of nitrogens with zero attached hydrogens (tertiary/aromatic N) is 2. The zero-order valence-electron chi connectivity index (χ0n) is 16.5. The second kappa shape index (κ2) is 8.95. The second-order valence-electron chi connectivity index (χ2n) is 5.83. The molecule has 3 rings (SSSR count). The second-order valence-corrected chi connectivity index (χ2v) is 8.35. The van der Waals surface area contributed by atoms with Crippen LogP contribution in [0.2, 0.25) is 0 Å². The fourth-order valence-electron chi connectivity index (χ4n) is 2.89. The first-order valence-corrected chi connectivity index (χ1v) is 10.3. The Balaban J connectivity index is 2.13. The number of ether oxygens (including phenoxy) is 3. The summed E-state index contributed by atoms with van der Waals surface area (Å²) in [6.07, 6.45) is 0. The van der Waals surface area contributed by atoms with Crippen molar-refractivity contribution in [2.75, 3.05) is 28.4 Å². The van der Waals surface area contributed by atoms with Gasteiger partial charge in [0, 0.05) is 0 Å². The van der Waals surface area contributed by atoms with Gasteiger partial charge in [-0.05, 0) is 0 Å². The number of methoxy groups -OCH3 is 3. The van der Waals surface area contributed by atoms with Crippen LogP contribution < -0.4 is 14.2 Å². The number of aromatic nitrogens is 1. The molecule has 0 fully saturated rings. The Labute approximate surface area is 170 Å². The van der Waals surface area contributed by atoms with Gasteiger partial charge in [-0.2, -0.15) is 0 Å². The van der Waals surface area contributed by atoms with E-state index in [1.165, 1.54) is 11.5 Å². The molecule has 1 aromatic heterocycles. The summed E-state index contributed by atoms with van der Waals surface area (Å²) in [6, 6.07) is 13.9. The van der Waals surface area contributed by atoms with Gasteiger partial charge in [0.25, 0.3) is 0 Å². The summed E-state index contributed by atoms with van der Waals surface area (Å²) in [5.74, 6) is 1.64. The Kier molecular flexibility index (Phi) is 6.39. The number of hydrogen-bond donors (Lipinski definition) is 0. The normalized spacial score (nSPS) is 11.2. The average Bonchev–Trinajstić information content (AvgIpc) is 3.12. The van der Waals surface area contributed by atoms with Gasteiger partial charge in [-0.1, -0.05) is 0 Å². The molecule has 0 aliphatic carbocycles. The summed E-state index contributed by atoms with van der Waals surface area (Å²) in [5, 5.41) is 4.27. The van der Waals surface area contributed by atoms with E-state index in [1.54, 1.807) is 21.3 Å². The zero-order valence-corrected chi connectivity index (χ0v) is 18.2. The fourth-order valence-corrected chi connectivity index (χ4v) is 4.86. The maximum absolute atomic E-state index is 5.48. The molecule has 1 heterocycles. The molecule has 0 bridgehead atoms. The molecule has 7 heteroatoms. The monoisotopic (exact) mass is 446 g/mol. The van der Waals surface area contributed by atoms with Gasteiger partial charge in [0.15, 0.2) is 0 Å². The predicted molar refractivity (Wildman–Crippen MR) is 110 cm³/mol. The van der Waals surface area contributed by atoms with Crippen molar-refractivity contribution in [3.63, 3.8) is 0 Å². The molecule has 0 unspecified atom stereocenters. The van der Waals surface area contributed by atoms with E-state index in [0.717, 1.165) is 21.4 Å². The topological polar surface area (TPSA) is 62.2 Å². The van der Waals surface area contributed by atoms with Gasteiger partial charge in [-0.3, -0.25) is 0 Å². The third kappa shape index (κ3) is 3.91. The van der Waals surface area contributed by atoms with E-state index in [1.807, 2.05) is 30.3 Å². The van der Waals surface area contributed by atoms with E-state index in [2.05, 4.69) is 24.2 Å². The van der Waals surface area contributed by atoms with Gasteiger partial charge >= 0.3 is 170 Å². The molecule has 0 spiro atoms. The Bertz CT molecular complexity index is 958. The van der Waals surface area contributed by atoms with Gasteiger partial charge in [0.1, 0.15) is 0 Å². The van der Waals surface area contributed by atoms with Crippen molar-refractivity contribution >= 4 is 20.2 Å². The van der Waals surface area contributed by atoms with E-state index in [-0.39, 0.29) is 14.5 Å². The van der Waals surface area contributed by atoms with Crippen molar-refractivity contribution in [2.24, 2.45) is 5.16 Å². The quantitative estimate of drug-likeness (QED) is 0.316. The van der Waals surface area contributed by atoms with Crippen LogP contribution in [0, 0.1) is 6.92 Å². The number of benzene rings is 2. The minimum atomic E-state index is 0.0307. The van der Waals surface area contributed by atoms with Crippen LogP contribution in [0.25, 0.3) is 11.3 Å². The molecule has 6 nitrogen and oxygen atoms in total. The number of oxime groups is 1. The van der Waals surface area contributed by atoms with Crippen LogP contribution in [0.3, 0.4) is 0 Å². The summed E-state index contributed by atoms with van der Waals surface area (Å²) in [4.78, 5) is 10.0. The van der Waals surface area contributed by atoms with Gasteiger partial charge in [0.2, 0.25) is 0 Å². The first-order valence-electron chi connectivity index (χ1n) is 8.57. The number of hydrogen-bond acceptors (Lipinski definition) is 6. The average molecular weight is 445 g/mol. The van der Waals surface area contributed by atoms with Gasteiger partial charge < -0.3 is 0 Å². The Morgan fingerprint density at radius 2 is 1.57 bits per heavy atom. The van der Waals surface area contributed by atoms with Crippen LogP contribution in [0.4, 0.5) is 0 Å². The predicted octanol–water partition coefficient (Wildman–Crippen LogP) is 3.54. The van der Waals surface area contributed by atoms with Gasteiger partial charge in [-0.25, -0.2) is 0 Å². The molecule has 0 radical (unpaired) electrons. The van der Waals surface area contributed by atoms with Gasteiger partial charge in [-0.15, -0.1) is 0 Å². The van der Waals surface area contributed by atoms with E-state index >= 15 is 0 Å². The summed E-state index contributed by atoms with van der Waals surface area (Å²) >= 11 is 0.0307. The molecule has 0 N–H and O–H groups in total. The van der Waals surface area contributed by atoms with Crippen molar-refractivity contribution in [3.05, 3.63) is 57.0 Å². The third-order valence-electron chi connectivity index (χ3n) is 4.17. The van der Waals surface area contributed by atoms with Crippen molar-refractivity contribution in [1.29, 1.82) is 0 Å². The van der Waals surface area contributed by atoms with Crippen LogP contribution in [0.5, 0.6) is 17.2 Å². The molecule has 0 saturated heterocycles. The zero-order chi connectivity index (χ0) is 20.1. The molecule has 0 saturated carbocycles. The molecule has 0 aliphatic heterocycles. The Morgan fingerprint density at radius 1 is 0.929 bits per heavy atom. The van der Waals surface area contributed by atoms with Crippen LogP contribution in [0.1, 0.15) is 14.6 Å². The molecule has 146 valence electrons. The van der Waals surface area contributed by atoms with Crippen LogP contribution in [0.15, 0.2) is 47.6 Å². The molecule has 0 aliphatic rings. The molecule has 2 aromatic carbocycles. The molecule has 3 aromatic rings. The Hall–Kier alpha value is -2.76. The third-order valence-corrected chi connectivity index (χ3v) is 6.22. The van der Waals surface area contributed by atoms with E-state index in [9.17, 15) is 0 Å². The van der Waals surface area contributed by atoms with Crippen LogP contribution >= 0.6 is 0 Å². The van der Waals surface area contributed by atoms with E-state index < -0.39 is 0 Å². The first-order chi connectivity index (χ1) is 13.6. The SMILES string of the molecule is CON=C(c1cc(OC)c(OC)c(OC)c1)c1nc(-c2ccccc2)c(C)[se]1. The number of rotatable bonds is 7. The van der Waals surface area contributed by atoms with Gasteiger partial charge in [0.05, 0.1) is 0 Å². The fraction of sp³-hybridized carbons (Fsp3) is 0.238. The molecular formula is C21H22N2O4Se. The number of aryl methyl sites for hydroxylation is 1. The summed E-state index contributed by atoms with van der Waals surface area (Å²) < 4.78 is 18.5. The van der Waals surface area contributed by atoms with Crippen molar-refractivity contribution in [3.8, 4) is 28.5 Å². The molecular weight excluding hydrogens is 423 g/mol. The standard InChI is InChI=1S/C21H22N2O4Se/c1-13-18(14-9-7-6-8-10-14)22-21(28-13)19(23-27-5)15-11-16(24-2)20(26-4)17(12-15)25-3/h6-12H,1-5H3. The van der Waals surface area contributed by atoms with Crippen LogP contribution in [-0.4, -0.2) is 53.6 Å².